The van der Waals surface area contributed by atoms with Crippen LogP contribution in [-0.4, -0.2) is 20.9 Å². The lowest BCUT2D eigenvalue weighted by Gasteiger charge is -1.98. The third kappa shape index (κ3) is 2.05. The van der Waals surface area contributed by atoms with Gasteiger partial charge in [-0.05, 0) is 18.2 Å². The van der Waals surface area contributed by atoms with Crippen LogP contribution in [0.5, 0.6) is 0 Å². The molecular weight excluding hydrogens is 248 g/mol. The van der Waals surface area contributed by atoms with Gasteiger partial charge in [-0.3, -0.25) is 10.1 Å². The maximum atomic E-state index is 11.9. The first-order valence-corrected chi connectivity index (χ1v) is 6.08. The summed E-state index contributed by atoms with van der Waals surface area (Å²) < 4.78 is 0.983. The Morgan fingerprint density at radius 1 is 1.11 bits per heavy atom. The smallest absolute Gasteiger partial charge is 0.287 e. The van der Waals surface area contributed by atoms with Gasteiger partial charge in [0, 0.05) is 12.4 Å². The number of aromatic nitrogens is 3. The molecule has 6 heteroatoms. The van der Waals surface area contributed by atoms with Crippen LogP contribution in [0.2, 0.25) is 0 Å². The molecule has 5 nitrogen and oxygen atoms in total. The first-order valence-electron chi connectivity index (χ1n) is 5.27. The van der Waals surface area contributed by atoms with E-state index in [0.717, 1.165) is 10.2 Å². The zero-order valence-electron chi connectivity index (χ0n) is 9.20. The summed E-state index contributed by atoms with van der Waals surface area (Å²) in [6.07, 6.45) is 3.14. The van der Waals surface area contributed by atoms with Crippen molar-refractivity contribution < 1.29 is 4.79 Å². The van der Waals surface area contributed by atoms with Crippen LogP contribution < -0.4 is 5.32 Å². The van der Waals surface area contributed by atoms with Crippen molar-refractivity contribution >= 4 is 33.4 Å². The van der Waals surface area contributed by atoms with Gasteiger partial charge >= 0.3 is 0 Å². The fourth-order valence-electron chi connectivity index (χ4n) is 1.49. The van der Waals surface area contributed by atoms with Gasteiger partial charge in [0.1, 0.15) is 0 Å². The molecule has 0 aliphatic rings. The van der Waals surface area contributed by atoms with Crippen LogP contribution in [-0.2, 0) is 0 Å². The Morgan fingerprint density at radius 3 is 2.67 bits per heavy atom. The quantitative estimate of drug-likeness (QED) is 0.764. The molecule has 0 unspecified atom stereocenters. The summed E-state index contributed by atoms with van der Waals surface area (Å²) in [5.74, 6) is -0.0100. The van der Waals surface area contributed by atoms with Gasteiger partial charge in [-0.1, -0.05) is 12.1 Å². The van der Waals surface area contributed by atoms with Crippen molar-refractivity contribution in [3.63, 3.8) is 0 Å². The standard InChI is InChI=1S/C12H8N4OS/c17-10(16-12-13-6-3-7-14-12)11-15-8-4-1-2-5-9(8)18-11/h1-7H,(H,13,14,16,17). The number of para-hydroxylation sites is 1. The van der Waals surface area contributed by atoms with E-state index in [1.54, 1.807) is 18.5 Å². The molecule has 0 radical (unpaired) electrons. The number of anilines is 1. The summed E-state index contributed by atoms with van der Waals surface area (Å²) in [6, 6.07) is 9.31. The van der Waals surface area contributed by atoms with E-state index >= 15 is 0 Å². The van der Waals surface area contributed by atoms with Gasteiger partial charge in [-0.2, -0.15) is 0 Å². The molecule has 0 spiro atoms. The summed E-state index contributed by atoms with van der Waals surface area (Å²) in [6.45, 7) is 0. The molecular formula is C12H8N4OS. The monoisotopic (exact) mass is 256 g/mol. The molecule has 0 bridgehead atoms. The van der Waals surface area contributed by atoms with Crippen molar-refractivity contribution in [3.8, 4) is 0 Å². The van der Waals surface area contributed by atoms with Gasteiger partial charge in [-0.25, -0.2) is 15.0 Å². The van der Waals surface area contributed by atoms with Gasteiger partial charge in [0.05, 0.1) is 10.2 Å². The number of hydrogen-bond donors (Lipinski definition) is 1. The minimum atomic E-state index is -0.289. The van der Waals surface area contributed by atoms with E-state index in [9.17, 15) is 4.79 Å². The second-order valence-corrected chi connectivity index (χ2v) is 4.54. The molecule has 0 fully saturated rings. The maximum Gasteiger partial charge on any atom is 0.287 e. The molecule has 0 aliphatic carbocycles. The zero-order chi connectivity index (χ0) is 12.4. The van der Waals surface area contributed by atoms with Crippen LogP contribution in [0, 0.1) is 0 Å². The van der Waals surface area contributed by atoms with E-state index in [1.165, 1.54) is 11.3 Å². The molecule has 1 N–H and O–H groups in total. The van der Waals surface area contributed by atoms with Crippen LogP contribution in [0.15, 0.2) is 42.7 Å². The lowest BCUT2D eigenvalue weighted by atomic mass is 10.3. The third-order valence-electron chi connectivity index (χ3n) is 2.28. The van der Waals surface area contributed by atoms with Crippen molar-refractivity contribution in [2.75, 3.05) is 5.32 Å². The highest BCUT2D eigenvalue weighted by molar-refractivity contribution is 7.20. The number of nitrogens with zero attached hydrogens (tertiary/aromatic N) is 3. The third-order valence-corrected chi connectivity index (χ3v) is 3.31. The lowest BCUT2D eigenvalue weighted by Crippen LogP contribution is -2.13. The minimum absolute atomic E-state index is 0.279. The minimum Gasteiger partial charge on any atom is -0.288 e. The fraction of sp³-hybridized carbons (Fsp3) is 0. The van der Waals surface area contributed by atoms with Crippen LogP contribution in [0.3, 0.4) is 0 Å². The SMILES string of the molecule is O=C(Nc1ncccn1)c1nc2ccccc2s1. The molecule has 1 aromatic carbocycles. The number of fused-ring (bicyclic) bond motifs is 1. The highest BCUT2D eigenvalue weighted by Gasteiger charge is 2.12. The first kappa shape index (κ1) is 10.8. The summed E-state index contributed by atoms with van der Waals surface area (Å²) in [5, 5.41) is 3.01. The Hall–Kier alpha value is -2.34. The second kappa shape index (κ2) is 4.50. The second-order valence-electron chi connectivity index (χ2n) is 3.51. The Bertz CT molecular complexity index is 662. The molecule has 3 aromatic rings. The Balaban J connectivity index is 1.88. The van der Waals surface area contributed by atoms with Gasteiger partial charge < -0.3 is 0 Å². The summed E-state index contributed by atoms with van der Waals surface area (Å²) in [4.78, 5) is 24.1. The Labute approximate surface area is 107 Å². The number of benzene rings is 1. The molecule has 1 amide bonds. The van der Waals surface area contributed by atoms with E-state index in [4.69, 9.17) is 0 Å². The van der Waals surface area contributed by atoms with Gasteiger partial charge in [0.25, 0.3) is 5.91 Å². The molecule has 0 saturated heterocycles. The fourth-order valence-corrected chi connectivity index (χ4v) is 2.35. The zero-order valence-corrected chi connectivity index (χ0v) is 10.0. The molecule has 2 heterocycles. The molecule has 0 aliphatic heterocycles. The largest absolute Gasteiger partial charge is 0.288 e. The number of nitrogens with one attached hydrogen (secondary N) is 1. The number of carbonyl (C=O) groups excluding carboxylic acids is 1. The summed E-state index contributed by atoms with van der Waals surface area (Å²) in [5.41, 5.74) is 0.821. The highest BCUT2D eigenvalue weighted by atomic mass is 32.1. The van der Waals surface area contributed by atoms with Crippen molar-refractivity contribution in [2.45, 2.75) is 0 Å². The van der Waals surface area contributed by atoms with Crippen LogP contribution >= 0.6 is 11.3 Å². The average molecular weight is 256 g/mol. The first-order chi connectivity index (χ1) is 8.83. The van der Waals surface area contributed by atoms with E-state index < -0.39 is 0 Å². The van der Waals surface area contributed by atoms with Crippen molar-refractivity contribution in [1.29, 1.82) is 0 Å². The van der Waals surface area contributed by atoms with Gasteiger partial charge in [0.2, 0.25) is 5.95 Å². The Kier molecular flexibility index (Phi) is 2.70. The number of thiazole rings is 1. The van der Waals surface area contributed by atoms with Crippen LogP contribution in [0.25, 0.3) is 10.2 Å². The van der Waals surface area contributed by atoms with E-state index in [0.29, 0.717) is 5.01 Å². The highest BCUT2D eigenvalue weighted by Crippen LogP contribution is 2.21. The van der Waals surface area contributed by atoms with E-state index in [-0.39, 0.29) is 11.9 Å². The molecule has 0 saturated carbocycles. The summed E-state index contributed by atoms with van der Waals surface area (Å²) in [7, 11) is 0. The van der Waals surface area contributed by atoms with Crippen LogP contribution in [0.4, 0.5) is 5.95 Å². The number of carbonyl (C=O) groups is 1. The van der Waals surface area contributed by atoms with Gasteiger partial charge in [-0.15, -0.1) is 11.3 Å². The van der Waals surface area contributed by atoms with Crippen molar-refractivity contribution in [2.24, 2.45) is 0 Å². The molecule has 0 atom stereocenters. The Morgan fingerprint density at radius 2 is 1.89 bits per heavy atom. The molecule has 3 rings (SSSR count). The normalized spacial score (nSPS) is 10.4. The molecule has 2 aromatic heterocycles. The van der Waals surface area contributed by atoms with E-state index in [1.807, 2.05) is 24.3 Å². The number of rotatable bonds is 2. The van der Waals surface area contributed by atoms with Crippen molar-refractivity contribution in [1.82, 2.24) is 15.0 Å². The van der Waals surface area contributed by atoms with E-state index in [2.05, 4.69) is 20.3 Å². The van der Waals surface area contributed by atoms with Gasteiger partial charge in [0.15, 0.2) is 5.01 Å². The molecule has 18 heavy (non-hydrogen) atoms. The van der Waals surface area contributed by atoms with Crippen molar-refractivity contribution in [3.05, 3.63) is 47.7 Å². The predicted octanol–water partition coefficient (Wildman–Crippen LogP) is 2.34. The summed E-state index contributed by atoms with van der Waals surface area (Å²) >= 11 is 1.35. The lowest BCUT2D eigenvalue weighted by molar-refractivity contribution is 0.102. The topological polar surface area (TPSA) is 67.8 Å². The number of amides is 1. The van der Waals surface area contributed by atoms with Crippen LogP contribution in [0.1, 0.15) is 9.80 Å². The number of hydrogen-bond acceptors (Lipinski definition) is 5. The molecule has 88 valence electrons. The maximum absolute atomic E-state index is 11.9. The average Bonchev–Trinajstić information content (AvgIpc) is 2.84. The predicted molar refractivity (Wildman–Crippen MR) is 69.6 cm³/mol.